The molecule has 7 nitrogen and oxygen atoms in total. The molecule has 7 heteroatoms. The van der Waals surface area contributed by atoms with Gasteiger partial charge in [0, 0.05) is 31.1 Å². The van der Waals surface area contributed by atoms with Gasteiger partial charge in [0.25, 0.3) is 0 Å². The largest absolute Gasteiger partial charge is 0.497 e. The monoisotopic (exact) mass is 448 g/mol. The van der Waals surface area contributed by atoms with Crippen molar-refractivity contribution in [3.8, 4) is 23.1 Å². The van der Waals surface area contributed by atoms with Gasteiger partial charge in [0.05, 0.1) is 37.1 Å². The second kappa shape index (κ2) is 10.8. The fourth-order valence-electron chi connectivity index (χ4n) is 4.51. The highest BCUT2D eigenvalue weighted by atomic mass is 16.5. The molecular formula is C26H32N4O3. The Morgan fingerprint density at radius 2 is 1.94 bits per heavy atom. The maximum absolute atomic E-state index is 10.6. The van der Waals surface area contributed by atoms with Crippen molar-refractivity contribution in [2.45, 2.75) is 26.1 Å². The maximum atomic E-state index is 10.6. The molecule has 174 valence electrons. The average molecular weight is 449 g/mol. The summed E-state index contributed by atoms with van der Waals surface area (Å²) in [6.07, 6.45) is 0.251. The predicted molar refractivity (Wildman–Crippen MR) is 129 cm³/mol. The number of nitrogens with one attached hydrogen (secondary N) is 1. The van der Waals surface area contributed by atoms with Gasteiger partial charge >= 0.3 is 0 Å². The number of hydrogen-bond donors (Lipinski definition) is 2. The summed E-state index contributed by atoms with van der Waals surface area (Å²) >= 11 is 0. The lowest BCUT2D eigenvalue weighted by Gasteiger charge is -2.26. The first kappa shape index (κ1) is 23.3. The van der Waals surface area contributed by atoms with Crippen LogP contribution in [0.1, 0.15) is 30.7 Å². The molecule has 1 aromatic heterocycles. The number of aliphatic hydroxyl groups is 1. The maximum Gasteiger partial charge on any atom is 0.131 e. The molecule has 0 spiro atoms. The second-order valence-electron chi connectivity index (χ2n) is 8.25. The van der Waals surface area contributed by atoms with Crippen LogP contribution in [0.4, 0.5) is 0 Å². The number of rotatable bonds is 9. The molecule has 4 rings (SSSR count). The predicted octanol–water partition coefficient (Wildman–Crippen LogP) is 3.51. The first-order chi connectivity index (χ1) is 16.2. The normalized spacial score (nSPS) is 15.5. The third kappa shape index (κ3) is 5.05. The number of fused-ring (bicyclic) bond motifs is 1. The van der Waals surface area contributed by atoms with Crippen molar-refractivity contribution in [2.75, 3.05) is 46.5 Å². The summed E-state index contributed by atoms with van der Waals surface area (Å²) in [6.45, 7) is 8.13. The fraction of sp³-hybridized carbons (Fsp3) is 0.423. The third-order valence-corrected chi connectivity index (χ3v) is 6.29. The summed E-state index contributed by atoms with van der Waals surface area (Å²) < 4.78 is 12.9. The van der Waals surface area contributed by atoms with Crippen LogP contribution >= 0.6 is 0 Å². The standard InChI is InChI=1S/C26H32N4O3/c1-3-30-24-17-21(32-2)9-10-22(24)23(18-27)25(30)19-5-7-20(8-6-19)26(31)28-11-4-12-29-13-15-33-16-14-29/h5-10,17,26,28,31H,3-4,11-16H2,1-2H3. The highest BCUT2D eigenvalue weighted by Crippen LogP contribution is 2.35. The molecule has 0 bridgehead atoms. The molecule has 3 aromatic rings. The van der Waals surface area contributed by atoms with Gasteiger partial charge in [-0.05, 0) is 49.7 Å². The molecule has 2 aromatic carbocycles. The van der Waals surface area contributed by atoms with Crippen LogP contribution in [0.2, 0.25) is 0 Å². The van der Waals surface area contributed by atoms with Crippen LogP contribution in [-0.2, 0) is 11.3 Å². The van der Waals surface area contributed by atoms with Crippen LogP contribution < -0.4 is 10.1 Å². The molecule has 1 aliphatic heterocycles. The van der Waals surface area contributed by atoms with E-state index in [4.69, 9.17) is 9.47 Å². The Hall–Kier alpha value is -2.89. The minimum Gasteiger partial charge on any atom is -0.497 e. The van der Waals surface area contributed by atoms with Crippen molar-refractivity contribution in [3.05, 3.63) is 53.6 Å². The summed E-state index contributed by atoms with van der Waals surface area (Å²) in [7, 11) is 1.65. The first-order valence-electron chi connectivity index (χ1n) is 11.6. The van der Waals surface area contributed by atoms with Crippen molar-refractivity contribution >= 4 is 10.9 Å². The van der Waals surface area contributed by atoms with Gasteiger partial charge in [0.1, 0.15) is 18.0 Å². The highest BCUT2D eigenvalue weighted by Gasteiger charge is 2.19. The molecule has 1 unspecified atom stereocenters. The van der Waals surface area contributed by atoms with Crippen LogP contribution in [0.5, 0.6) is 5.75 Å². The molecule has 1 saturated heterocycles. The minimum atomic E-state index is -0.722. The molecule has 1 atom stereocenters. The second-order valence-corrected chi connectivity index (χ2v) is 8.25. The summed E-state index contributed by atoms with van der Waals surface area (Å²) in [5, 5.41) is 24.6. The van der Waals surface area contributed by atoms with Gasteiger partial charge < -0.3 is 19.1 Å². The Labute approximate surface area is 195 Å². The number of hydrogen-bond acceptors (Lipinski definition) is 6. The van der Waals surface area contributed by atoms with E-state index in [1.807, 2.05) is 42.5 Å². The van der Waals surface area contributed by atoms with Gasteiger partial charge in [0.2, 0.25) is 0 Å². The number of ether oxygens (including phenoxy) is 2. The summed E-state index contributed by atoms with van der Waals surface area (Å²) in [6, 6.07) is 16.0. The fourth-order valence-corrected chi connectivity index (χ4v) is 4.51. The molecule has 0 aliphatic carbocycles. The van der Waals surface area contributed by atoms with E-state index in [9.17, 15) is 10.4 Å². The zero-order valence-electron chi connectivity index (χ0n) is 19.4. The number of benzene rings is 2. The van der Waals surface area contributed by atoms with Gasteiger partial charge in [-0.3, -0.25) is 10.2 Å². The van der Waals surface area contributed by atoms with Gasteiger partial charge in [0.15, 0.2) is 0 Å². The molecule has 0 saturated carbocycles. The van der Waals surface area contributed by atoms with E-state index in [1.54, 1.807) is 7.11 Å². The Kier molecular flexibility index (Phi) is 7.63. The lowest BCUT2D eigenvalue weighted by atomic mass is 10.0. The van der Waals surface area contributed by atoms with Crippen LogP contribution in [0, 0.1) is 11.3 Å². The Morgan fingerprint density at radius 1 is 1.18 bits per heavy atom. The molecule has 2 heterocycles. The molecule has 33 heavy (non-hydrogen) atoms. The topological polar surface area (TPSA) is 82.7 Å². The third-order valence-electron chi connectivity index (χ3n) is 6.29. The lowest BCUT2D eigenvalue weighted by Crippen LogP contribution is -2.38. The van der Waals surface area contributed by atoms with Crippen molar-refractivity contribution in [1.29, 1.82) is 5.26 Å². The number of nitrogens with zero attached hydrogens (tertiary/aromatic N) is 3. The van der Waals surface area contributed by atoms with Gasteiger partial charge in [-0.2, -0.15) is 5.26 Å². The van der Waals surface area contributed by atoms with Crippen LogP contribution in [0.3, 0.4) is 0 Å². The molecule has 1 aliphatic rings. The number of nitriles is 1. The van der Waals surface area contributed by atoms with Crippen LogP contribution in [-0.4, -0.2) is 61.1 Å². The van der Waals surface area contributed by atoms with E-state index in [2.05, 4.69) is 27.8 Å². The van der Waals surface area contributed by atoms with Gasteiger partial charge in [-0.1, -0.05) is 24.3 Å². The van der Waals surface area contributed by atoms with Crippen molar-refractivity contribution < 1.29 is 14.6 Å². The molecule has 0 amide bonds. The molecule has 2 N–H and O–H groups in total. The molecule has 0 radical (unpaired) electrons. The van der Waals surface area contributed by atoms with Crippen molar-refractivity contribution in [3.63, 3.8) is 0 Å². The van der Waals surface area contributed by atoms with E-state index in [0.717, 1.165) is 85.8 Å². The van der Waals surface area contributed by atoms with Crippen LogP contribution in [0.25, 0.3) is 22.2 Å². The van der Waals surface area contributed by atoms with E-state index < -0.39 is 6.23 Å². The van der Waals surface area contributed by atoms with E-state index >= 15 is 0 Å². The lowest BCUT2D eigenvalue weighted by molar-refractivity contribution is 0.0367. The number of aryl methyl sites for hydroxylation is 1. The van der Waals surface area contributed by atoms with Gasteiger partial charge in [-0.25, -0.2) is 0 Å². The SMILES string of the molecule is CCn1c(-c2ccc(C(O)NCCCN3CCOCC3)cc2)c(C#N)c2ccc(OC)cc21. The van der Waals surface area contributed by atoms with Crippen LogP contribution in [0.15, 0.2) is 42.5 Å². The Bertz CT molecular complexity index is 1110. The van der Waals surface area contributed by atoms with Gasteiger partial charge in [-0.15, -0.1) is 0 Å². The molecular weight excluding hydrogens is 416 g/mol. The van der Waals surface area contributed by atoms with Crippen molar-refractivity contribution in [2.24, 2.45) is 0 Å². The minimum absolute atomic E-state index is 0.657. The number of morpholine rings is 1. The quantitative estimate of drug-likeness (QED) is 0.385. The number of aromatic nitrogens is 1. The summed E-state index contributed by atoms with van der Waals surface area (Å²) in [5.41, 5.74) is 4.29. The number of methoxy groups -OCH3 is 1. The van der Waals surface area contributed by atoms with E-state index in [0.29, 0.717) is 5.56 Å². The Morgan fingerprint density at radius 3 is 2.61 bits per heavy atom. The first-order valence-corrected chi connectivity index (χ1v) is 11.6. The zero-order valence-corrected chi connectivity index (χ0v) is 19.4. The smallest absolute Gasteiger partial charge is 0.131 e. The molecule has 1 fully saturated rings. The number of aliphatic hydroxyl groups excluding tert-OH is 1. The van der Waals surface area contributed by atoms with E-state index in [1.165, 1.54) is 0 Å². The average Bonchev–Trinajstić information content (AvgIpc) is 3.19. The Balaban J connectivity index is 1.48. The van der Waals surface area contributed by atoms with Crippen molar-refractivity contribution in [1.82, 2.24) is 14.8 Å². The highest BCUT2D eigenvalue weighted by molar-refractivity contribution is 5.95. The van der Waals surface area contributed by atoms with E-state index in [-0.39, 0.29) is 0 Å². The zero-order chi connectivity index (χ0) is 23.2. The summed E-state index contributed by atoms with van der Waals surface area (Å²) in [4.78, 5) is 2.39. The summed E-state index contributed by atoms with van der Waals surface area (Å²) in [5.74, 6) is 0.768.